The van der Waals surface area contributed by atoms with Gasteiger partial charge in [0.15, 0.2) is 0 Å². The maximum atomic E-state index is 12.1. The Balaban J connectivity index is 2.65. The third-order valence-electron chi connectivity index (χ3n) is 3.72. The second-order valence-corrected chi connectivity index (χ2v) is 6.33. The van der Waals surface area contributed by atoms with Crippen LogP contribution >= 0.6 is 0 Å². The summed E-state index contributed by atoms with van der Waals surface area (Å²) in [5, 5.41) is 12.5. The summed E-state index contributed by atoms with van der Waals surface area (Å²) in [5.41, 5.74) is 5.24. The van der Waals surface area contributed by atoms with Gasteiger partial charge < -0.3 is 16.2 Å². The van der Waals surface area contributed by atoms with Crippen molar-refractivity contribution in [2.45, 2.75) is 64.5 Å². The van der Waals surface area contributed by atoms with Gasteiger partial charge in [-0.15, -0.1) is 0 Å². The quantitative estimate of drug-likeness (QED) is 0.695. The molecule has 0 aromatic carbocycles. The Morgan fingerprint density at radius 2 is 1.88 bits per heavy atom. The summed E-state index contributed by atoms with van der Waals surface area (Å²) in [6.45, 7) is 5.85. The number of hydrogen-bond acceptors (Lipinski definition) is 3. The van der Waals surface area contributed by atoms with Crippen molar-refractivity contribution in [3.8, 4) is 0 Å². The predicted octanol–water partition coefficient (Wildman–Crippen LogP) is 1.17. The van der Waals surface area contributed by atoms with Crippen LogP contribution < -0.4 is 11.1 Å². The van der Waals surface area contributed by atoms with Crippen LogP contribution in [0.1, 0.15) is 52.9 Å². The zero-order valence-corrected chi connectivity index (χ0v) is 11.3. The molecule has 0 bridgehead atoms. The van der Waals surface area contributed by atoms with E-state index in [1.54, 1.807) is 0 Å². The van der Waals surface area contributed by atoms with Crippen LogP contribution in [0.5, 0.6) is 0 Å². The highest BCUT2D eigenvalue weighted by Crippen LogP contribution is 2.28. The van der Waals surface area contributed by atoms with E-state index in [0.29, 0.717) is 0 Å². The zero-order chi connectivity index (χ0) is 13.1. The minimum absolute atomic E-state index is 0.00953. The molecule has 0 saturated heterocycles. The van der Waals surface area contributed by atoms with Gasteiger partial charge in [-0.3, -0.25) is 4.79 Å². The number of carbonyl (C=O) groups excluding carboxylic acids is 1. The average Bonchev–Trinajstić information content (AvgIpc) is 2.28. The lowest BCUT2D eigenvalue weighted by atomic mass is 9.81. The molecule has 1 amide bonds. The van der Waals surface area contributed by atoms with Crippen LogP contribution in [0.2, 0.25) is 0 Å². The second kappa shape index (κ2) is 5.36. The third-order valence-corrected chi connectivity index (χ3v) is 3.72. The molecule has 17 heavy (non-hydrogen) atoms. The van der Waals surface area contributed by atoms with Gasteiger partial charge in [0.2, 0.25) is 5.91 Å². The van der Waals surface area contributed by atoms with Gasteiger partial charge in [-0.05, 0) is 18.3 Å². The van der Waals surface area contributed by atoms with Crippen LogP contribution in [0.25, 0.3) is 0 Å². The normalized spacial score (nSPS) is 21.9. The Hall–Kier alpha value is -0.610. The Morgan fingerprint density at radius 3 is 2.29 bits per heavy atom. The van der Waals surface area contributed by atoms with Crippen molar-refractivity contribution >= 4 is 5.91 Å². The first-order chi connectivity index (χ1) is 7.81. The molecular weight excluding hydrogens is 216 g/mol. The number of amides is 1. The maximum Gasteiger partial charge on any atom is 0.237 e. The summed E-state index contributed by atoms with van der Waals surface area (Å²) in [5.74, 6) is -0.145. The van der Waals surface area contributed by atoms with Crippen molar-refractivity contribution in [3.63, 3.8) is 0 Å². The first-order valence-electron chi connectivity index (χ1n) is 6.49. The van der Waals surface area contributed by atoms with Gasteiger partial charge in [-0.25, -0.2) is 0 Å². The Labute approximate surface area is 104 Å². The monoisotopic (exact) mass is 242 g/mol. The number of carbonyl (C=O) groups is 1. The SMILES string of the molecule is CC(C)(C)[C@H](N)C(=O)NC1(CO)CCCCC1. The molecule has 0 aliphatic heterocycles. The molecule has 1 atom stereocenters. The van der Waals surface area contributed by atoms with Gasteiger partial charge in [0.05, 0.1) is 18.2 Å². The molecule has 1 rings (SSSR count). The summed E-state index contributed by atoms with van der Waals surface area (Å²) < 4.78 is 0. The molecule has 0 aromatic rings. The van der Waals surface area contributed by atoms with Crippen molar-refractivity contribution in [1.29, 1.82) is 0 Å². The molecule has 1 aliphatic carbocycles. The van der Waals surface area contributed by atoms with E-state index >= 15 is 0 Å². The smallest absolute Gasteiger partial charge is 0.237 e. The topological polar surface area (TPSA) is 75.4 Å². The van der Waals surface area contributed by atoms with Crippen molar-refractivity contribution in [1.82, 2.24) is 5.32 Å². The van der Waals surface area contributed by atoms with Crippen LogP contribution in [0, 0.1) is 5.41 Å². The largest absolute Gasteiger partial charge is 0.394 e. The second-order valence-electron chi connectivity index (χ2n) is 6.33. The lowest BCUT2D eigenvalue weighted by molar-refractivity contribution is -0.127. The number of nitrogens with one attached hydrogen (secondary N) is 1. The van der Waals surface area contributed by atoms with E-state index in [1.807, 2.05) is 20.8 Å². The minimum Gasteiger partial charge on any atom is -0.394 e. The number of nitrogens with two attached hydrogens (primary N) is 1. The fourth-order valence-electron chi connectivity index (χ4n) is 2.28. The summed E-state index contributed by atoms with van der Waals surface area (Å²) in [7, 11) is 0. The third kappa shape index (κ3) is 3.68. The van der Waals surface area contributed by atoms with Crippen molar-refractivity contribution in [2.75, 3.05) is 6.61 Å². The van der Waals surface area contributed by atoms with Crippen molar-refractivity contribution < 1.29 is 9.90 Å². The van der Waals surface area contributed by atoms with Crippen LogP contribution in [-0.2, 0) is 4.79 Å². The summed E-state index contributed by atoms with van der Waals surface area (Å²) >= 11 is 0. The number of hydrogen-bond donors (Lipinski definition) is 3. The van der Waals surface area contributed by atoms with Crippen molar-refractivity contribution in [2.24, 2.45) is 11.1 Å². The van der Waals surface area contributed by atoms with E-state index in [0.717, 1.165) is 25.7 Å². The van der Waals surface area contributed by atoms with Crippen LogP contribution in [0.15, 0.2) is 0 Å². The summed E-state index contributed by atoms with van der Waals surface area (Å²) in [6.07, 6.45) is 5.01. The van der Waals surface area contributed by atoms with Gasteiger partial charge in [0.25, 0.3) is 0 Å². The molecule has 100 valence electrons. The highest BCUT2D eigenvalue weighted by molar-refractivity contribution is 5.83. The fourth-order valence-corrected chi connectivity index (χ4v) is 2.28. The maximum absolute atomic E-state index is 12.1. The van der Waals surface area contributed by atoms with Gasteiger partial charge in [0.1, 0.15) is 0 Å². The zero-order valence-electron chi connectivity index (χ0n) is 11.3. The Morgan fingerprint density at radius 1 is 1.35 bits per heavy atom. The molecule has 1 saturated carbocycles. The molecular formula is C13H26N2O2. The molecule has 0 spiro atoms. The van der Waals surface area contributed by atoms with E-state index < -0.39 is 11.6 Å². The van der Waals surface area contributed by atoms with E-state index in [9.17, 15) is 9.90 Å². The van der Waals surface area contributed by atoms with E-state index in [2.05, 4.69) is 5.32 Å². The number of aliphatic hydroxyl groups is 1. The molecule has 4 nitrogen and oxygen atoms in total. The lowest BCUT2D eigenvalue weighted by Gasteiger charge is -2.38. The van der Waals surface area contributed by atoms with E-state index in [1.165, 1.54) is 6.42 Å². The molecule has 4 heteroatoms. The Bertz CT molecular complexity index is 265. The van der Waals surface area contributed by atoms with E-state index in [-0.39, 0.29) is 17.9 Å². The highest BCUT2D eigenvalue weighted by atomic mass is 16.3. The average molecular weight is 242 g/mol. The van der Waals surface area contributed by atoms with Gasteiger partial charge in [-0.2, -0.15) is 0 Å². The predicted molar refractivity (Wildman–Crippen MR) is 68.5 cm³/mol. The first-order valence-corrected chi connectivity index (χ1v) is 6.49. The molecule has 1 aliphatic rings. The highest BCUT2D eigenvalue weighted by Gasteiger charge is 2.36. The molecule has 4 N–H and O–H groups in total. The molecule has 0 radical (unpaired) electrons. The molecule has 0 unspecified atom stereocenters. The van der Waals surface area contributed by atoms with Crippen LogP contribution in [0.3, 0.4) is 0 Å². The summed E-state index contributed by atoms with van der Waals surface area (Å²) in [6, 6.07) is -0.534. The number of rotatable bonds is 3. The summed E-state index contributed by atoms with van der Waals surface area (Å²) in [4.78, 5) is 12.1. The van der Waals surface area contributed by atoms with Crippen LogP contribution in [0.4, 0.5) is 0 Å². The Kier molecular flexibility index (Phi) is 4.55. The molecule has 1 fully saturated rings. The van der Waals surface area contributed by atoms with Gasteiger partial charge in [0, 0.05) is 0 Å². The minimum atomic E-state index is -0.534. The fraction of sp³-hybridized carbons (Fsp3) is 0.923. The number of aliphatic hydroxyl groups excluding tert-OH is 1. The lowest BCUT2D eigenvalue weighted by Crippen LogP contribution is -2.59. The van der Waals surface area contributed by atoms with Crippen LogP contribution in [-0.4, -0.2) is 29.2 Å². The van der Waals surface area contributed by atoms with E-state index in [4.69, 9.17) is 5.73 Å². The standard InChI is InChI=1S/C13H26N2O2/c1-12(2,3)10(14)11(17)15-13(9-16)7-5-4-6-8-13/h10,16H,4-9,14H2,1-3H3,(H,15,17)/t10-/m1/s1. The van der Waals surface area contributed by atoms with Crippen molar-refractivity contribution in [3.05, 3.63) is 0 Å². The molecule has 0 heterocycles. The first kappa shape index (κ1) is 14.5. The van der Waals surface area contributed by atoms with Gasteiger partial charge >= 0.3 is 0 Å². The molecule has 0 aromatic heterocycles. The van der Waals surface area contributed by atoms with Gasteiger partial charge in [-0.1, -0.05) is 40.0 Å².